The van der Waals surface area contributed by atoms with Crippen LogP contribution in [0, 0.1) is 0 Å². The van der Waals surface area contributed by atoms with Crippen LogP contribution in [-0.2, 0) is 13.1 Å². The van der Waals surface area contributed by atoms with Crippen LogP contribution in [0.25, 0.3) is 5.69 Å². The predicted molar refractivity (Wildman–Crippen MR) is 114 cm³/mol. The number of hydrogen-bond acceptors (Lipinski definition) is 6. The van der Waals surface area contributed by atoms with Crippen molar-refractivity contribution >= 4 is 11.6 Å². The Bertz CT molecular complexity index is 1050. The number of rotatable bonds is 3. The largest absolute Gasteiger partial charge is 0.339 e. The first-order valence-electron chi connectivity index (χ1n) is 10.7. The van der Waals surface area contributed by atoms with Gasteiger partial charge in [0.2, 0.25) is 5.89 Å². The zero-order chi connectivity index (χ0) is 20.8. The van der Waals surface area contributed by atoms with E-state index in [-0.39, 0.29) is 5.92 Å². The van der Waals surface area contributed by atoms with Crippen molar-refractivity contribution < 1.29 is 4.52 Å². The molecule has 1 aliphatic carbocycles. The molecule has 1 aliphatic heterocycles. The lowest BCUT2D eigenvalue weighted by molar-refractivity contribution is 0.315. The summed E-state index contributed by atoms with van der Waals surface area (Å²) in [6.45, 7) is 5.78. The Balaban J connectivity index is 1.40. The van der Waals surface area contributed by atoms with Crippen molar-refractivity contribution in [3.8, 4) is 5.69 Å². The molecule has 0 spiro atoms. The molecule has 0 bridgehead atoms. The van der Waals surface area contributed by atoms with Gasteiger partial charge in [0.1, 0.15) is 5.82 Å². The summed E-state index contributed by atoms with van der Waals surface area (Å²) in [5.74, 6) is 4.66. The first-order valence-corrected chi connectivity index (χ1v) is 11.1. The standard InChI is InChI=1S/C22H27ClN6O/c1-13(2)22-24-20(27-30-22)14-4-6-15(7-5-14)21-26-25-19-12-28(3)11-16-10-17(23)8-9-18(16)29(19)21/h8-10,13-15H,4-7,11-12H2,1-3H3/t14-,15-. The van der Waals surface area contributed by atoms with Gasteiger partial charge in [0.05, 0.1) is 12.2 Å². The summed E-state index contributed by atoms with van der Waals surface area (Å²) in [6, 6.07) is 6.12. The number of aromatic nitrogens is 5. The number of fused-ring (bicyclic) bond motifs is 3. The normalized spacial score (nSPS) is 22.0. The minimum absolute atomic E-state index is 0.265. The molecule has 0 saturated heterocycles. The molecular formula is C22H27ClN6O. The van der Waals surface area contributed by atoms with E-state index in [0.717, 1.165) is 72.8 Å². The van der Waals surface area contributed by atoms with Gasteiger partial charge in [0, 0.05) is 29.3 Å². The van der Waals surface area contributed by atoms with Gasteiger partial charge in [0.15, 0.2) is 11.6 Å². The lowest BCUT2D eigenvalue weighted by Crippen LogP contribution is -2.17. The molecule has 8 heteroatoms. The van der Waals surface area contributed by atoms with Gasteiger partial charge in [-0.2, -0.15) is 4.98 Å². The minimum atomic E-state index is 0.265. The van der Waals surface area contributed by atoms with Gasteiger partial charge in [-0.25, -0.2) is 0 Å². The van der Waals surface area contributed by atoms with Gasteiger partial charge in [-0.05, 0) is 56.5 Å². The Morgan fingerprint density at radius 3 is 2.57 bits per heavy atom. The van der Waals surface area contributed by atoms with Gasteiger partial charge in [-0.1, -0.05) is 30.6 Å². The van der Waals surface area contributed by atoms with Gasteiger partial charge >= 0.3 is 0 Å². The van der Waals surface area contributed by atoms with Crippen molar-refractivity contribution in [3.05, 3.63) is 52.1 Å². The van der Waals surface area contributed by atoms with E-state index in [4.69, 9.17) is 16.1 Å². The second-order valence-electron chi connectivity index (χ2n) is 8.95. The Labute approximate surface area is 181 Å². The molecule has 1 saturated carbocycles. The molecule has 0 atom stereocenters. The van der Waals surface area contributed by atoms with Crippen molar-refractivity contribution in [1.29, 1.82) is 0 Å². The molecule has 0 radical (unpaired) electrons. The highest BCUT2D eigenvalue weighted by Gasteiger charge is 2.32. The summed E-state index contributed by atoms with van der Waals surface area (Å²) in [4.78, 5) is 6.88. The van der Waals surface area contributed by atoms with Crippen LogP contribution < -0.4 is 0 Å². The van der Waals surface area contributed by atoms with E-state index >= 15 is 0 Å². The molecule has 2 aliphatic rings. The van der Waals surface area contributed by atoms with E-state index in [1.54, 1.807) is 0 Å². The van der Waals surface area contributed by atoms with E-state index in [2.05, 4.69) is 62.8 Å². The van der Waals surface area contributed by atoms with E-state index in [1.807, 2.05) is 6.07 Å². The van der Waals surface area contributed by atoms with Crippen LogP contribution in [0.1, 0.15) is 86.2 Å². The molecule has 1 fully saturated rings. The maximum atomic E-state index is 6.28. The minimum Gasteiger partial charge on any atom is -0.339 e. The summed E-state index contributed by atoms with van der Waals surface area (Å²) in [7, 11) is 2.11. The Morgan fingerprint density at radius 2 is 1.83 bits per heavy atom. The maximum Gasteiger partial charge on any atom is 0.229 e. The molecule has 5 rings (SSSR count). The van der Waals surface area contributed by atoms with Crippen LogP contribution in [0.15, 0.2) is 22.7 Å². The van der Waals surface area contributed by atoms with Gasteiger partial charge < -0.3 is 4.52 Å². The van der Waals surface area contributed by atoms with E-state index in [1.165, 1.54) is 5.56 Å². The molecule has 158 valence electrons. The lowest BCUT2D eigenvalue weighted by atomic mass is 9.81. The molecule has 0 N–H and O–H groups in total. The Hall–Kier alpha value is -2.25. The second kappa shape index (κ2) is 7.78. The highest BCUT2D eigenvalue weighted by Crippen LogP contribution is 2.40. The van der Waals surface area contributed by atoms with E-state index in [9.17, 15) is 0 Å². The molecule has 3 heterocycles. The van der Waals surface area contributed by atoms with Gasteiger partial charge in [-0.3, -0.25) is 9.47 Å². The Morgan fingerprint density at radius 1 is 1.07 bits per heavy atom. The summed E-state index contributed by atoms with van der Waals surface area (Å²) in [5.41, 5.74) is 2.37. The average molecular weight is 427 g/mol. The van der Waals surface area contributed by atoms with Crippen LogP contribution in [0.2, 0.25) is 5.02 Å². The number of halogens is 1. The molecule has 0 amide bonds. The van der Waals surface area contributed by atoms with E-state index in [0.29, 0.717) is 11.8 Å². The van der Waals surface area contributed by atoms with Crippen molar-refractivity contribution in [3.63, 3.8) is 0 Å². The van der Waals surface area contributed by atoms with Crippen molar-refractivity contribution in [2.24, 2.45) is 0 Å². The quantitative estimate of drug-likeness (QED) is 0.598. The fourth-order valence-corrected chi connectivity index (χ4v) is 4.90. The first kappa shape index (κ1) is 19.7. The molecule has 7 nitrogen and oxygen atoms in total. The van der Waals surface area contributed by atoms with Gasteiger partial charge in [0.25, 0.3) is 0 Å². The number of hydrogen-bond donors (Lipinski definition) is 0. The summed E-state index contributed by atoms with van der Waals surface area (Å²) in [5, 5.41) is 14.2. The third-order valence-electron chi connectivity index (χ3n) is 6.30. The molecule has 3 aromatic rings. The number of benzene rings is 1. The van der Waals surface area contributed by atoms with Crippen LogP contribution in [-0.4, -0.2) is 36.9 Å². The zero-order valence-corrected chi connectivity index (χ0v) is 18.4. The first-order chi connectivity index (χ1) is 14.5. The summed E-state index contributed by atoms with van der Waals surface area (Å²) < 4.78 is 7.69. The third-order valence-corrected chi connectivity index (χ3v) is 6.53. The fraction of sp³-hybridized carbons (Fsp3) is 0.545. The highest BCUT2D eigenvalue weighted by atomic mass is 35.5. The van der Waals surface area contributed by atoms with Crippen molar-refractivity contribution in [2.75, 3.05) is 7.05 Å². The van der Waals surface area contributed by atoms with Crippen LogP contribution in [0.4, 0.5) is 0 Å². The predicted octanol–water partition coefficient (Wildman–Crippen LogP) is 4.81. The average Bonchev–Trinajstić information content (AvgIpc) is 3.34. The Kier molecular flexibility index (Phi) is 5.11. The van der Waals surface area contributed by atoms with Crippen molar-refractivity contribution in [2.45, 2.75) is 70.4 Å². The van der Waals surface area contributed by atoms with E-state index < -0.39 is 0 Å². The maximum absolute atomic E-state index is 6.28. The molecule has 1 aromatic carbocycles. The zero-order valence-electron chi connectivity index (χ0n) is 17.7. The smallest absolute Gasteiger partial charge is 0.229 e. The SMILES string of the molecule is CC(C)c1nc([C@H]2CC[C@H](c3nnc4n3-c3ccc(Cl)cc3CN(C)C4)CC2)no1. The van der Waals surface area contributed by atoms with Crippen LogP contribution in [0.5, 0.6) is 0 Å². The molecule has 2 aromatic heterocycles. The van der Waals surface area contributed by atoms with Crippen molar-refractivity contribution in [1.82, 2.24) is 29.8 Å². The van der Waals surface area contributed by atoms with Gasteiger partial charge in [-0.15, -0.1) is 10.2 Å². The molecule has 0 unspecified atom stereocenters. The van der Waals surface area contributed by atoms with Crippen LogP contribution >= 0.6 is 11.6 Å². The topological polar surface area (TPSA) is 72.9 Å². The molecule has 30 heavy (non-hydrogen) atoms. The fourth-order valence-electron chi connectivity index (χ4n) is 4.70. The highest BCUT2D eigenvalue weighted by molar-refractivity contribution is 6.30. The lowest BCUT2D eigenvalue weighted by Gasteiger charge is -2.26. The monoisotopic (exact) mass is 426 g/mol. The molecular weight excluding hydrogens is 400 g/mol. The van der Waals surface area contributed by atoms with Crippen LogP contribution in [0.3, 0.4) is 0 Å². The summed E-state index contributed by atoms with van der Waals surface area (Å²) in [6.07, 6.45) is 4.18. The third kappa shape index (κ3) is 3.54. The summed E-state index contributed by atoms with van der Waals surface area (Å²) >= 11 is 6.28. The second-order valence-corrected chi connectivity index (χ2v) is 9.39. The number of nitrogens with zero attached hydrogens (tertiary/aromatic N) is 6.